The molecule has 0 aromatic rings. The molecule has 0 spiro atoms. The molecule has 4 heteroatoms. The average molecular weight is 216 g/mol. The molecule has 1 N–H and O–H groups in total. The summed E-state index contributed by atoms with van der Waals surface area (Å²) in [6, 6.07) is 0.265. The Kier molecular flexibility index (Phi) is 4.75. The van der Waals surface area contributed by atoms with Crippen LogP contribution in [0.15, 0.2) is 0 Å². The van der Waals surface area contributed by atoms with E-state index >= 15 is 0 Å². The van der Waals surface area contributed by atoms with Crippen molar-refractivity contribution < 1.29 is 4.79 Å². The van der Waals surface area contributed by atoms with Gasteiger partial charge in [0.15, 0.2) is 0 Å². The van der Waals surface area contributed by atoms with Crippen LogP contribution in [0.3, 0.4) is 0 Å². The second-order valence-corrected chi connectivity index (χ2v) is 4.93. The molecule has 3 nitrogen and oxygen atoms in total. The minimum atomic E-state index is 0.237. The van der Waals surface area contributed by atoms with Gasteiger partial charge in [-0.25, -0.2) is 0 Å². The van der Waals surface area contributed by atoms with Crippen molar-refractivity contribution in [1.29, 1.82) is 0 Å². The molecular weight excluding hydrogens is 196 g/mol. The Balaban J connectivity index is 2.30. The first-order chi connectivity index (χ1) is 6.63. The predicted octanol–water partition coefficient (Wildman–Crippen LogP) is 1.50. The largest absolute Gasteiger partial charge is 0.354 e. The van der Waals surface area contributed by atoms with Crippen molar-refractivity contribution in [1.82, 2.24) is 9.62 Å². The fourth-order valence-corrected chi connectivity index (χ4v) is 2.28. The van der Waals surface area contributed by atoms with Gasteiger partial charge in [0.05, 0.1) is 0 Å². The van der Waals surface area contributed by atoms with Gasteiger partial charge in [0.1, 0.15) is 0 Å². The predicted molar refractivity (Wildman–Crippen MR) is 61.1 cm³/mol. The van der Waals surface area contributed by atoms with E-state index in [0.29, 0.717) is 0 Å². The van der Waals surface area contributed by atoms with Crippen LogP contribution in [0.4, 0.5) is 0 Å². The molecule has 0 saturated carbocycles. The van der Waals surface area contributed by atoms with Crippen molar-refractivity contribution in [3.8, 4) is 0 Å². The fourth-order valence-electron chi connectivity index (χ4n) is 1.70. The minimum Gasteiger partial charge on any atom is -0.354 e. The van der Waals surface area contributed by atoms with E-state index in [-0.39, 0.29) is 17.9 Å². The molecule has 1 fully saturated rings. The van der Waals surface area contributed by atoms with E-state index in [4.69, 9.17) is 0 Å². The Bertz CT molecular complexity index is 189. The van der Waals surface area contributed by atoms with Gasteiger partial charge >= 0.3 is 0 Å². The average Bonchev–Trinajstić information content (AvgIpc) is 2.17. The highest BCUT2D eigenvalue weighted by Gasteiger charge is 2.24. The maximum Gasteiger partial charge on any atom is 0.223 e. The first-order valence-corrected chi connectivity index (χ1v) is 6.41. The summed E-state index contributed by atoms with van der Waals surface area (Å²) in [4.78, 5) is 11.7. The van der Waals surface area contributed by atoms with Crippen LogP contribution in [0.1, 0.15) is 26.7 Å². The van der Waals surface area contributed by atoms with Crippen LogP contribution < -0.4 is 5.32 Å². The summed E-state index contributed by atoms with van der Waals surface area (Å²) in [5.41, 5.74) is 0. The van der Waals surface area contributed by atoms with E-state index in [1.807, 2.05) is 13.8 Å². The zero-order chi connectivity index (χ0) is 10.6. The molecule has 0 radical (unpaired) electrons. The molecule has 1 saturated heterocycles. The number of carbonyl (C=O) groups excluding carboxylic acids is 1. The number of carbonyl (C=O) groups is 1. The second kappa shape index (κ2) is 5.61. The lowest BCUT2D eigenvalue weighted by molar-refractivity contribution is -0.126. The van der Waals surface area contributed by atoms with Crippen molar-refractivity contribution >= 4 is 17.9 Å². The fraction of sp³-hybridized carbons (Fsp3) is 0.900. The maximum absolute atomic E-state index is 11.7. The minimum absolute atomic E-state index is 0.237. The lowest BCUT2D eigenvalue weighted by Crippen LogP contribution is -2.40. The molecule has 1 heterocycles. The molecule has 0 aromatic heterocycles. The van der Waals surface area contributed by atoms with Crippen LogP contribution in [0.2, 0.25) is 0 Å². The van der Waals surface area contributed by atoms with Gasteiger partial charge in [-0.05, 0) is 32.9 Å². The van der Waals surface area contributed by atoms with E-state index < -0.39 is 0 Å². The summed E-state index contributed by atoms with van der Waals surface area (Å²) in [6.45, 7) is 6.10. The molecule has 1 aliphatic rings. The number of hydrogen-bond acceptors (Lipinski definition) is 3. The normalized spacial score (nSPS) is 20.0. The molecule has 0 atom stereocenters. The lowest BCUT2D eigenvalue weighted by Gasteiger charge is -2.29. The van der Waals surface area contributed by atoms with Crippen molar-refractivity contribution in [3.05, 3.63) is 0 Å². The van der Waals surface area contributed by atoms with E-state index in [0.717, 1.165) is 25.9 Å². The van der Waals surface area contributed by atoms with Crippen molar-refractivity contribution in [3.63, 3.8) is 0 Å². The van der Waals surface area contributed by atoms with Crippen molar-refractivity contribution in [2.45, 2.75) is 32.7 Å². The molecule has 82 valence electrons. The zero-order valence-corrected chi connectivity index (χ0v) is 10.1. The number of hydrogen-bond donors (Lipinski definition) is 1. The van der Waals surface area contributed by atoms with Crippen molar-refractivity contribution in [2.24, 2.45) is 5.92 Å². The maximum atomic E-state index is 11.7. The van der Waals surface area contributed by atoms with Crippen LogP contribution in [-0.2, 0) is 4.79 Å². The third-order valence-corrected chi connectivity index (χ3v) is 3.40. The smallest absolute Gasteiger partial charge is 0.223 e. The molecule has 0 unspecified atom stereocenters. The molecule has 1 amide bonds. The van der Waals surface area contributed by atoms with Gasteiger partial charge in [-0.2, -0.15) is 0 Å². The second-order valence-electron chi connectivity index (χ2n) is 4.05. The summed E-state index contributed by atoms with van der Waals surface area (Å²) in [7, 11) is 0. The molecule has 0 bridgehead atoms. The van der Waals surface area contributed by atoms with Crippen LogP contribution in [0.5, 0.6) is 0 Å². The highest BCUT2D eigenvalue weighted by Crippen LogP contribution is 2.21. The number of nitrogens with zero attached hydrogens (tertiary/aromatic N) is 1. The van der Waals surface area contributed by atoms with Gasteiger partial charge in [0.25, 0.3) is 0 Å². The summed E-state index contributed by atoms with van der Waals surface area (Å²) in [5, 5.41) is 2.98. The van der Waals surface area contributed by atoms with E-state index in [1.54, 1.807) is 11.9 Å². The molecule has 0 aromatic carbocycles. The third kappa shape index (κ3) is 3.50. The Hall–Kier alpha value is -0.220. The summed E-state index contributed by atoms with van der Waals surface area (Å²) >= 11 is 1.78. The highest BCUT2D eigenvalue weighted by atomic mass is 32.2. The summed E-state index contributed by atoms with van der Waals surface area (Å²) in [6.07, 6.45) is 4.09. The molecule has 1 aliphatic heterocycles. The lowest BCUT2D eigenvalue weighted by atomic mass is 9.97. The first-order valence-electron chi connectivity index (χ1n) is 5.23. The standard InChI is InChI=1S/C10H20N2OS/c1-8(2)11-10(13)9-4-6-12(14-3)7-5-9/h8-9H,4-7H2,1-3H3,(H,11,13). The highest BCUT2D eigenvalue weighted by molar-refractivity contribution is 7.96. The number of piperidine rings is 1. The summed E-state index contributed by atoms with van der Waals surface area (Å²) < 4.78 is 2.32. The van der Waals surface area contributed by atoms with E-state index in [9.17, 15) is 4.79 Å². The van der Waals surface area contributed by atoms with Gasteiger partial charge in [-0.15, -0.1) is 0 Å². The molecule has 1 rings (SSSR count). The first kappa shape index (κ1) is 11.9. The van der Waals surface area contributed by atoms with E-state index in [2.05, 4.69) is 15.9 Å². The Morgan fingerprint density at radius 3 is 2.43 bits per heavy atom. The van der Waals surface area contributed by atoms with Gasteiger partial charge in [0, 0.05) is 25.0 Å². The van der Waals surface area contributed by atoms with Crippen LogP contribution in [0, 0.1) is 5.92 Å². The van der Waals surface area contributed by atoms with Gasteiger partial charge < -0.3 is 5.32 Å². The molecular formula is C10H20N2OS. The Morgan fingerprint density at radius 1 is 1.43 bits per heavy atom. The van der Waals surface area contributed by atoms with Gasteiger partial charge in [0.2, 0.25) is 5.91 Å². The van der Waals surface area contributed by atoms with Crippen molar-refractivity contribution in [2.75, 3.05) is 19.3 Å². The molecule has 0 aliphatic carbocycles. The number of rotatable bonds is 3. The van der Waals surface area contributed by atoms with Gasteiger partial charge in [-0.3, -0.25) is 9.10 Å². The van der Waals surface area contributed by atoms with E-state index in [1.165, 1.54) is 0 Å². The monoisotopic (exact) mass is 216 g/mol. The van der Waals surface area contributed by atoms with Gasteiger partial charge in [-0.1, -0.05) is 11.9 Å². The Morgan fingerprint density at radius 2 is 2.00 bits per heavy atom. The SMILES string of the molecule is CSN1CCC(C(=O)NC(C)C)CC1. The molecule has 14 heavy (non-hydrogen) atoms. The van der Waals surface area contributed by atoms with Crippen LogP contribution >= 0.6 is 11.9 Å². The number of amides is 1. The zero-order valence-electron chi connectivity index (χ0n) is 9.25. The quantitative estimate of drug-likeness (QED) is 0.726. The topological polar surface area (TPSA) is 32.3 Å². The Labute approximate surface area is 90.7 Å². The number of nitrogens with one attached hydrogen (secondary N) is 1. The van der Waals surface area contributed by atoms with Crippen LogP contribution in [0.25, 0.3) is 0 Å². The third-order valence-electron chi connectivity index (χ3n) is 2.51. The van der Waals surface area contributed by atoms with Crippen LogP contribution in [-0.4, -0.2) is 35.6 Å². The summed E-state index contributed by atoms with van der Waals surface area (Å²) in [5.74, 6) is 0.474.